The van der Waals surface area contributed by atoms with Gasteiger partial charge in [0.15, 0.2) is 5.96 Å². The summed E-state index contributed by atoms with van der Waals surface area (Å²) < 4.78 is 0. The number of aliphatic imine (C=N–C) groups is 1. The first-order chi connectivity index (χ1) is 12.0. The van der Waals surface area contributed by atoms with Gasteiger partial charge in [0.2, 0.25) is 0 Å². The molecule has 0 spiro atoms. The van der Waals surface area contributed by atoms with E-state index in [1.54, 1.807) is 0 Å². The molecular weight excluding hydrogens is 457 g/mol. The van der Waals surface area contributed by atoms with Crippen molar-refractivity contribution >= 4 is 41.3 Å². The molecule has 1 aliphatic heterocycles. The second-order valence-corrected chi connectivity index (χ2v) is 8.61. The van der Waals surface area contributed by atoms with Crippen LogP contribution in [0.2, 0.25) is 0 Å². The molecule has 1 aromatic heterocycles. The second-order valence-electron chi connectivity index (χ2n) is 7.24. The van der Waals surface area contributed by atoms with E-state index in [1.165, 1.54) is 9.75 Å². The molecule has 0 aliphatic carbocycles. The Balaban J connectivity index is 0.00000338. The van der Waals surface area contributed by atoms with Gasteiger partial charge in [-0.1, -0.05) is 13.8 Å². The Morgan fingerprint density at radius 1 is 1.19 bits per heavy atom. The zero-order valence-corrected chi connectivity index (χ0v) is 20.1. The summed E-state index contributed by atoms with van der Waals surface area (Å²) in [7, 11) is 2.21. The molecule has 26 heavy (non-hydrogen) atoms. The first-order valence-electron chi connectivity index (χ1n) is 9.49. The molecule has 2 heterocycles. The Labute approximate surface area is 180 Å². The first-order valence-corrected chi connectivity index (χ1v) is 10.3. The minimum absolute atomic E-state index is 0. The van der Waals surface area contributed by atoms with Gasteiger partial charge in [-0.15, -0.1) is 35.3 Å². The van der Waals surface area contributed by atoms with Gasteiger partial charge in [-0.3, -0.25) is 4.90 Å². The van der Waals surface area contributed by atoms with Gasteiger partial charge in [-0.2, -0.15) is 0 Å². The van der Waals surface area contributed by atoms with E-state index >= 15 is 0 Å². The van der Waals surface area contributed by atoms with Crippen molar-refractivity contribution in [2.75, 3.05) is 46.3 Å². The summed E-state index contributed by atoms with van der Waals surface area (Å²) >= 11 is 1.82. The third-order valence-corrected chi connectivity index (χ3v) is 5.77. The number of halogens is 1. The average Bonchev–Trinajstić information content (AvgIpc) is 2.99. The Morgan fingerprint density at radius 2 is 1.88 bits per heavy atom. The number of guanidine groups is 1. The summed E-state index contributed by atoms with van der Waals surface area (Å²) in [5, 5.41) is 6.96. The molecule has 1 aromatic rings. The number of likely N-dealkylation sites (N-methyl/N-ethyl adjacent to an activating group) is 1. The zero-order chi connectivity index (χ0) is 18.2. The molecule has 1 saturated heterocycles. The van der Waals surface area contributed by atoms with Gasteiger partial charge in [-0.05, 0) is 38.9 Å². The Morgan fingerprint density at radius 3 is 2.42 bits per heavy atom. The van der Waals surface area contributed by atoms with Crippen molar-refractivity contribution in [3.8, 4) is 0 Å². The van der Waals surface area contributed by atoms with Crippen LogP contribution >= 0.6 is 35.3 Å². The number of hydrogen-bond acceptors (Lipinski definition) is 4. The molecule has 150 valence electrons. The van der Waals surface area contributed by atoms with Crippen LogP contribution in [0.4, 0.5) is 0 Å². The molecule has 7 heteroatoms. The summed E-state index contributed by atoms with van der Waals surface area (Å²) in [4.78, 5) is 12.5. The molecule has 1 aliphatic rings. The number of hydrogen-bond donors (Lipinski definition) is 2. The number of thiophene rings is 1. The summed E-state index contributed by atoms with van der Waals surface area (Å²) in [6.45, 7) is 16.1. The average molecular weight is 494 g/mol. The van der Waals surface area contributed by atoms with E-state index in [1.807, 2.05) is 11.3 Å². The molecule has 0 bridgehead atoms. The van der Waals surface area contributed by atoms with Gasteiger partial charge in [0.05, 0.1) is 6.54 Å². The van der Waals surface area contributed by atoms with Crippen molar-refractivity contribution in [2.45, 2.75) is 40.3 Å². The number of nitrogens with zero attached hydrogens (tertiary/aromatic N) is 3. The normalized spacial score (nSPS) is 17.8. The van der Waals surface area contributed by atoms with Crippen LogP contribution in [0.25, 0.3) is 0 Å². The molecule has 1 fully saturated rings. The third-order valence-electron chi connectivity index (χ3n) is 4.79. The lowest BCUT2D eigenvalue weighted by Gasteiger charge is -2.40. The van der Waals surface area contributed by atoms with Crippen LogP contribution in [0, 0.1) is 12.8 Å². The summed E-state index contributed by atoms with van der Waals surface area (Å²) in [6, 6.07) is 4.88. The minimum atomic E-state index is 0. The highest BCUT2D eigenvalue weighted by atomic mass is 127. The highest BCUT2D eigenvalue weighted by Gasteiger charge is 2.25. The van der Waals surface area contributed by atoms with Crippen LogP contribution in [0.1, 0.15) is 30.5 Å². The standard InChI is InChI=1S/C19H35N5S.HI/c1-6-20-19(21-13-17-8-7-16(4)25-17)22-14-18(15(2)3)24-11-9-23(5)10-12-24;/h7-8,15,18H,6,9-14H2,1-5H3,(H2,20,21,22);1H. The van der Waals surface area contributed by atoms with Crippen LogP contribution in [0.3, 0.4) is 0 Å². The number of rotatable bonds is 7. The summed E-state index contributed by atoms with van der Waals surface area (Å²) in [5.41, 5.74) is 0. The number of aryl methyl sites for hydroxylation is 1. The molecule has 2 N–H and O–H groups in total. The van der Waals surface area contributed by atoms with Gasteiger partial charge in [0.1, 0.15) is 0 Å². The molecule has 2 rings (SSSR count). The van der Waals surface area contributed by atoms with Crippen molar-refractivity contribution in [1.82, 2.24) is 20.4 Å². The SMILES string of the molecule is CCNC(=NCc1ccc(C)s1)NCC(C(C)C)N1CCN(C)CC1.I. The zero-order valence-electron chi connectivity index (χ0n) is 16.9. The van der Waals surface area contributed by atoms with E-state index in [4.69, 9.17) is 4.99 Å². The Kier molecular flexibility index (Phi) is 11.1. The fraction of sp³-hybridized carbons (Fsp3) is 0.737. The van der Waals surface area contributed by atoms with Crippen LogP contribution in [-0.2, 0) is 6.54 Å². The van der Waals surface area contributed by atoms with Crippen molar-refractivity contribution in [3.63, 3.8) is 0 Å². The fourth-order valence-corrected chi connectivity index (χ4v) is 4.02. The van der Waals surface area contributed by atoms with Gasteiger partial charge < -0.3 is 15.5 Å². The van der Waals surface area contributed by atoms with Crippen LogP contribution < -0.4 is 10.6 Å². The fourth-order valence-electron chi connectivity index (χ4n) is 3.21. The molecular formula is C19H36IN5S. The van der Waals surface area contributed by atoms with Crippen molar-refractivity contribution in [2.24, 2.45) is 10.9 Å². The van der Waals surface area contributed by atoms with Crippen molar-refractivity contribution in [3.05, 3.63) is 21.9 Å². The van der Waals surface area contributed by atoms with E-state index < -0.39 is 0 Å². The highest BCUT2D eigenvalue weighted by Crippen LogP contribution is 2.16. The molecule has 0 radical (unpaired) electrons. The quantitative estimate of drug-likeness (QED) is 0.348. The largest absolute Gasteiger partial charge is 0.357 e. The van der Waals surface area contributed by atoms with Crippen molar-refractivity contribution in [1.29, 1.82) is 0 Å². The predicted octanol–water partition coefficient (Wildman–Crippen LogP) is 3.00. The maximum atomic E-state index is 4.76. The van der Waals surface area contributed by atoms with E-state index in [2.05, 4.69) is 67.3 Å². The maximum Gasteiger partial charge on any atom is 0.191 e. The topological polar surface area (TPSA) is 42.9 Å². The number of nitrogens with one attached hydrogen (secondary N) is 2. The van der Waals surface area contributed by atoms with Crippen molar-refractivity contribution < 1.29 is 0 Å². The first kappa shape index (κ1) is 23.7. The van der Waals surface area contributed by atoms with E-state index in [0.29, 0.717) is 12.0 Å². The maximum absolute atomic E-state index is 4.76. The number of piperazine rings is 1. The van der Waals surface area contributed by atoms with Gasteiger partial charge in [0, 0.05) is 55.1 Å². The molecule has 0 amide bonds. The monoisotopic (exact) mass is 493 g/mol. The highest BCUT2D eigenvalue weighted by molar-refractivity contribution is 14.0. The minimum Gasteiger partial charge on any atom is -0.357 e. The van der Waals surface area contributed by atoms with E-state index in [0.717, 1.165) is 51.8 Å². The second kappa shape index (κ2) is 12.2. The summed E-state index contributed by atoms with van der Waals surface area (Å²) in [5.74, 6) is 1.55. The lowest BCUT2D eigenvalue weighted by Crippen LogP contribution is -2.55. The third kappa shape index (κ3) is 7.70. The Hall–Kier alpha value is -0.380. The molecule has 0 saturated carbocycles. The predicted molar refractivity (Wildman–Crippen MR) is 125 cm³/mol. The molecule has 1 unspecified atom stereocenters. The Bertz CT molecular complexity index is 538. The van der Waals surface area contributed by atoms with Crippen LogP contribution in [-0.4, -0.2) is 68.1 Å². The summed E-state index contributed by atoms with van der Waals surface area (Å²) in [6.07, 6.45) is 0. The van der Waals surface area contributed by atoms with Gasteiger partial charge in [0.25, 0.3) is 0 Å². The van der Waals surface area contributed by atoms with Gasteiger partial charge in [-0.25, -0.2) is 4.99 Å². The van der Waals surface area contributed by atoms with Gasteiger partial charge >= 0.3 is 0 Å². The van der Waals surface area contributed by atoms with Crippen LogP contribution in [0.15, 0.2) is 17.1 Å². The molecule has 5 nitrogen and oxygen atoms in total. The molecule has 1 atom stereocenters. The smallest absolute Gasteiger partial charge is 0.191 e. The van der Waals surface area contributed by atoms with E-state index in [9.17, 15) is 0 Å². The molecule has 0 aromatic carbocycles. The lowest BCUT2D eigenvalue weighted by atomic mass is 10.0. The van der Waals surface area contributed by atoms with Crippen LogP contribution in [0.5, 0.6) is 0 Å². The lowest BCUT2D eigenvalue weighted by molar-refractivity contribution is 0.0900. The van der Waals surface area contributed by atoms with E-state index in [-0.39, 0.29) is 24.0 Å².